The third-order valence-corrected chi connectivity index (χ3v) is 4.81. The van der Waals surface area contributed by atoms with E-state index in [1.807, 2.05) is 31.2 Å². The Morgan fingerprint density at radius 2 is 2.00 bits per heavy atom. The molecule has 2 heterocycles. The molecule has 1 unspecified atom stereocenters. The van der Waals surface area contributed by atoms with Crippen molar-refractivity contribution >= 4 is 17.3 Å². The van der Waals surface area contributed by atoms with Crippen molar-refractivity contribution < 1.29 is 9.72 Å². The van der Waals surface area contributed by atoms with Crippen LogP contribution in [-0.2, 0) is 6.42 Å². The van der Waals surface area contributed by atoms with Crippen LogP contribution in [0.25, 0.3) is 5.69 Å². The lowest BCUT2D eigenvalue weighted by molar-refractivity contribution is -0.384. The quantitative estimate of drug-likeness (QED) is 0.526. The van der Waals surface area contributed by atoms with Crippen LogP contribution in [0.5, 0.6) is 0 Å². The average molecular weight is 363 g/mol. The zero-order valence-corrected chi connectivity index (χ0v) is 14.9. The molecule has 1 aliphatic heterocycles. The number of benzene rings is 2. The van der Waals surface area contributed by atoms with Crippen LogP contribution in [-0.4, -0.2) is 31.9 Å². The summed E-state index contributed by atoms with van der Waals surface area (Å²) in [4.78, 5) is 25.4. The van der Waals surface area contributed by atoms with Gasteiger partial charge in [0.15, 0.2) is 5.69 Å². The first kappa shape index (κ1) is 16.9. The summed E-state index contributed by atoms with van der Waals surface area (Å²) in [5, 5.41) is 19.1. The molecule has 0 radical (unpaired) electrons. The van der Waals surface area contributed by atoms with E-state index in [0.29, 0.717) is 11.4 Å². The Labute approximate surface area is 155 Å². The molecule has 27 heavy (non-hydrogen) atoms. The maximum atomic E-state index is 13.2. The van der Waals surface area contributed by atoms with Gasteiger partial charge in [-0.25, -0.2) is 4.68 Å². The van der Waals surface area contributed by atoms with Crippen molar-refractivity contribution in [2.24, 2.45) is 0 Å². The Bertz CT molecular complexity index is 1060. The molecule has 0 aliphatic carbocycles. The molecule has 4 rings (SSSR count). The first-order valence-corrected chi connectivity index (χ1v) is 8.56. The third kappa shape index (κ3) is 2.75. The minimum Gasteiger partial charge on any atom is -0.304 e. The van der Waals surface area contributed by atoms with Gasteiger partial charge in [-0.2, -0.15) is 0 Å². The number of carbonyl (C=O) groups is 1. The highest BCUT2D eigenvalue weighted by atomic mass is 16.6. The molecule has 8 heteroatoms. The number of carbonyl (C=O) groups excluding carboxylic acids is 1. The predicted molar refractivity (Wildman–Crippen MR) is 99.2 cm³/mol. The Kier molecular flexibility index (Phi) is 3.95. The zero-order valence-electron chi connectivity index (χ0n) is 14.9. The lowest BCUT2D eigenvalue weighted by Crippen LogP contribution is -2.36. The van der Waals surface area contributed by atoms with E-state index < -0.39 is 4.92 Å². The number of aromatic nitrogens is 3. The minimum atomic E-state index is -0.468. The summed E-state index contributed by atoms with van der Waals surface area (Å²) in [5.41, 5.74) is 3.24. The van der Waals surface area contributed by atoms with Crippen LogP contribution in [0.2, 0.25) is 0 Å². The van der Waals surface area contributed by atoms with Crippen molar-refractivity contribution in [2.75, 3.05) is 4.90 Å². The van der Waals surface area contributed by atoms with Crippen molar-refractivity contribution in [1.29, 1.82) is 0 Å². The number of hydrogen-bond acceptors (Lipinski definition) is 5. The number of rotatable bonds is 3. The molecule has 3 aromatic rings. The van der Waals surface area contributed by atoms with Gasteiger partial charge in [-0.05, 0) is 38.0 Å². The van der Waals surface area contributed by atoms with Crippen molar-refractivity contribution in [3.8, 4) is 5.69 Å². The molecular formula is C19H17N5O3. The van der Waals surface area contributed by atoms with Crippen molar-refractivity contribution in [3.05, 3.63) is 75.6 Å². The summed E-state index contributed by atoms with van der Waals surface area (Å²) in [7, 11) is 0. The number of hydrogen-bond donors (Lipinski definition) is 0. The van der Waals surface area contributed by atoms with Crippen molar-refractivity contribution in [3.63, 3.8) is 0 Å². The number of para-hydroxylation sites is 1. The number of fused-ring (bicyclic) bond motifs is 1. The first-order valence-electron chi connectivity index (χ1n) is 8.56. The lowest BCUT2D eigenvalue weighted by Gasteiger charge is -2.21. The van der Waals surface area contributed by atoms with E-state index >= 15 is 0 Å². The van der Waals surface area contributed by atoms with Crippen LogP contribution in [0.3, 0.4) is 0 Å². The Morgan fingerprint density at radius 3 is 2.78 bits per heavy atom. The van der Waals surface area contributed by atoms with E-state index in [1.54, 1.807) is 24.0 Å². The predicted octanol–water partition coefficient (Wildman–Crippen LogP) is 3.08. The van der Waals surface area contributed by atoms with Crippen LogP contribution < -0.4 is 4.90 Å². The van der Waals surface area contributed by atoms with E-state index in [0.717, 1.165) is 17.7 Å². The van der Waals surface area contributed by atoms with E-state index in [-0.39, 0.29) is 23.3 Å². The van der Waals surface area contributed by atoms with Gasteiger partial charge in [0.2, 0.25) is 0 Å². The summed E-state index contributed by atoms with van der Waals surface area (Å²) in [6.07, 6.45) is 0.792. The van der Waals surface area contributed by atoms with Gasteiger partial charge in [-0.3, -0.25) is 14.9 Å². The summed E-state index contributed by atoms with van der Waals surface area (Å²) in [6, 6.07) is 13.9. The highest BCUT2D eigenvalue weighted by Crippen LogP contribution is 2.33. The second-order valence-electron chi connectivity index (χ2n) is 6.57. The maximum Gasteiger partial charge on any atom is 0.281 e. The molecule has 1 aromatic heterocycles. The summed E-state index contributed by atoms with van der Waals surface area (Å²) >= 11 is 0. The zero-order chi connectivity index (χ0) is 19.1. The van der Waals surface area contributed by atoms with E-state index in [2.05, 4.69) is 10.3 Å². The molecule has 0 saturated heterocycles. The molecule has 0 saturated carbocycles. The molecule has 1 atom stereocenters. The average Bonchev–Trinajstić information content (AvgIpc) is 3.20. The number of amides is 1. The van der Waals surface area contributed by atoms with Crippen LogP contribution in [0.1, 0.15) is 28.7 Å². The molecule has 1 aliphatic rings. The molecule has 8 nitrogen and oxygen atoms in total. The van der Waals surface area contributed by atoms with Gasteiger partial charge in [0.25, 0.3) is 11.6 Å². The van der Waals surface area contributed by atoms with Gasteiger partial charge in [0.1, 0.15) is 0 Å². The van der Waals surface area contributed by atoms with E-state index in [9.17, 15) is 14.9 Å². The van der Waals surface area contributed by atoms with Gasteiger partial charge < -0.3 is 4.90 Å². The standard InChI is InChI=1S/C19H17N5O3/c1-12-10-14-6-3-4-9-17(14)22(12)19(25)18-13(2)23(21-20-18)15-7-5-8-16(11-15)24(26)27/h3-9,11-12H,10H2,1-2H3. The number of nitro benzene ring substituents is 1. The molecule has 2 aromatic carbocycles. The molecule has 0 fully saturated rings. The smallest absolute Gasteiger partial charge is 0.281 e. The van der Waals surface area contributed by atoms with Gasteiger partial charge in [-0.1, -0.05) is 29.5 Å². The van der Waals surface area contributed by atoms with Gasteiger partial charge >= 0.3 is 0 Å². The Morgan fingerprint density at radius 1 is 1.22 bits per heavy atom. The Hall–Kier alpha value is -3.55. The minimum absolute atomic E-state index is 0.0252. The highest BCUT2D eigenvalue weighted by Gasteiger charge is 2.33. The van der Waals surface area contributed by atoms with E-state index in [1.165, 1.54) is 16.8 Å². The third-order valence-electron chi connectivity index (χ3n) is 4.81. The van der Waals surface area contributed by atoms with Crippen LogP contribution in [0.15, 0.2) is 48.5 Å². The van der Waals surface area contributed by atoms with Crippen molar-refractivity contribution in [2.45, 2.75) is 26.3 Å². The molecule has 1 amide bonds. The number of nitrogens with zero attached hydrogens (tertiary/aromatic N) is 5. The molecule has 0 bridgehead atoms. The monoisotopic (exact) mass is 363 g/mol. The fourth-order valence-electron chi connectivity index (χ4n) is 3.50. The second-order valence-corrected chi connectivity index (χ2v) is 6.57. The number of non-ortho nitro benzene ring substituents is 1. The SMILES string of the molecule is Cc1c(C(=O)N2c3ccccc3CC2C)nnn1-c1cccc([N+](=O)[O-])c1. The topological polar surface area (TPSA) is 94.2 Å². The number of anilines is 1. The summed E-state index contributed by atoms with van der Waals surface area (Å²) in [5.74, 6) is -0.221. The second kappa shape index (κ2) is 6.31. The maximum absolute atomic E-state index is 13.2. The van der Waals surface area contributed by atoms with Crippen LogP contribution in [0.4, 0.5) is 11.4 Å². The van der Waals surface area contributed by atoms with Gasteiger partial charge in [0.05, 0.1) is 16.3 Å². The number of nitro groups is 1. The highest BCUT2D eigenvalue weighted by molar-refractivity contribution is 6.07. The normalized spacial score (nSPS) is 15.6. The first-order chi connectivity index (χ1) is 13.0. The van der Waals surface area contributed by atoms with Crippen LogP contribution >= 0.6 is 0 Å². The summed E-state index contributed by atoms with van der Waals surface area (Å²) in [6.45, 7) is 3.73. The van der Waals surface area contributed by atoms with Gasteiger partial charge in [0, 0.05) is 23.9 Å². The molecule has 0 N–H and O–H groups in total. The van der Waals surface area contributed by atoms with Crippen molar-refractivity contribution in [1.82, 2.24) is 15.0 Å². The molecule has 136 valence electrons. The molecular weight excluding hydrogens is 346 g/mol. The van der Waals surface area contributed by atoms with E-state index in [4.69, 9.17) is 0 Å². The molecule has 0 spiro atoms. The fourth-order valence-corrected chi connectivity index (χ4v) is 3.50. The van der Waals surface area contributed by atoms with Gasteiger partial charge in [-0.15, -0.1) is 5.10 Å². The van der Waals surface area contributed by atoms with Crippen LogP contribution in [0, 0.1) is 17.0 Å². The fraction of sp³-hybridized carbons (Fsp3) is 0.211. The lowest BCUT2D eigenvalue weighted by atomic mass is 10.1. The Balaban J connectivity index is 1.72. The largest absolute Gasteiger partial charge is 0.304 e. The summed E-state index contributed by atoms with van der Waals surface area (Å²) < 4.78 is 1.45.